The highest BCUT2D eigenvalue weighted by molar-refractivity contribution is 7.92. The topological polar surface area (TPSA) is 139 Å². The lowest BCUT2D eigenvalue weighted by atomic mass is 10.00. The first-order valence-corrected chi connectivity index (χ1v) is 18.6. The molecule has 0 N–H and O–H groups in total. The van der Waals surface area contributed by atoms with Crippen molar-refractivity contribution >= 4 is 31.6 Å². The molecule has 5 rings (SSSR count). The van der Waals surface area contributed by atoms with E-state index in [4.69, 9.17) is 18.9 Å². The quantitative estimate of drug-likeness (QED) is 0.157. The highest BCUT2D eigenvalue weighted by Crippen LogP contribution is 2.42. The molecular weight excluding hydrogens is 681 g/mol. The average molecular weight is 717 g/mol. The lowest BCUT2D eigenvalue weighted by Crippen LogP contribution is -2.21. The third-order valence-electron chi connectivity index (χ3n) is 8.26. The third-order valence-corrected chi connectivity index (χ3v) is 12.5. The van der Waals surface area contributed by atoms with Gasteiger partial charge >= 0.3 is 11.9 Å². The number of hydrogen-bond donors (Lipinski definition) is 0. The van der Waals surface area contributed by atoms with Crippen molar-refractivity contribution in [1.29, 1.82) is 0 Å². The van der Waals surface area contributed by atoms with Gasteiger partial charge < -0.3 is 18.9 Å². The number of hydrogen-bond acceptors (Lipinski definition) is 10. The normalized spacial score (nSPS) is 17.2. The molecule has 12 heteroatoms. The SMILES string of the molecule is C=C1COc2ccc(C(=O)OC)cc2C(S(=O)(=O)c2ccccc2)CC(=C)COc2ccc(C(=O)OC)cc2C(S(=O)(=O)c2ccccc2)C1. The summed E-state index contributed by atoms with van der Waals surface area (Å²) in [6.45, 7) is 7.82. The van der Waals surface area contributed by atoms with Crippen LogP contribution in [0.4, 0.5) is 0 Å². The molecule has 0 spiro atoms. The summed E-state index contributed by atoms with van der Waals surface area (Å²) < 4.78 is 79.4. The van der Waals surface area contributed by atoms with Gasteiger partial charge in [-0.15, -0.1) is 0 Å². The molecule has 0 fully saturated rings. The Morgan fingerprint density at radius 1 is 0.600 bits per heavy atom. The summed E-state index contributed by atoms with van der Waals surface area (Å²) in [5, 5.41) is -2.55. The molecular formula is C38H36O10S2. The van der Waals surface area contributed by atoms with Crippen LogP contribution in [0.25, 0.3) is 0 Å². The zero-order chi connectivity index (χ0) is 36.1. The first-order chi connectivity index (χ1) is 23.9. The molecule has 260 valence electrons. The van der Waals surface area contributed by atoms with Crippen LogP contribution >= 0.6 is 0 Å². The van der Waals surface area contributed by atoms with Gasteiger partial charge in [0.25, 0.3) is 0 Å². The van der Waals surface area contributed by atoms with Crippen LogP contribution < -0.4 is 9.47 Å². The lowest BCUT2D eigenvalue weighted by molar-refractivity contribution is 0.0591. The Balaban J connectivity index is 1.67. The molecule has 0 amide bonds. The van der Waals surface area contributed by atoms with Crippen LogP contribution in [0.1, 0.15) is 55.2 Å². The van der Waals surface area contributed by atoms with Gasteiger partial charge in [-0.2, -0.15) is 0 Å². The molecule has 50 heavy (non-hydrogen) atoms. The van der Waals surface area contributed by atoms with Gasteiger partial charge in [-0.05, 0) is 84.7 Å². The maximum absolute atomic E-state index is 14.3. The van der Waals surface area contributed by atoms with Crippen molar-refractivity contribution in [3.8, 4) is 11.5 Å². The molecule has 0 radical (unpaired) electrons. The Labute approximate surface area is 291 Å². The van der Waals surface area contributed by atoms with Crippen LogP contribution in [-0.2, 0) is 29.1 Å². The fourth-order valence-electron chi connectivity index (χ4n) is 5.68. The zero-order valence-electron chi connectivity index (χ0n) is 27.5. The number of fused-ring (bicyclic) bond motifs is 2. The van der Waals surface area contributed by atoms with E-state index < -0.39 is 42.1 Å². The molecule has 4 aromatic rings. The Hall–Kier alpha value is -5.20. The summed E-state index contributed by atoms with van der Waals surface area (Å²) in [6, 6.07) is 24.5. The van der Waals surface area contributed by atoms with Gasteiger partial charge in [-0.1, -0.05) is 49.6 Å². The molecule has 0 saturated heterocycles. The van der Waals surface area contributed by atoms with Crippen molar-refractivity contribution in [3.63, 3.8) is 0 Å². The van der Waals surface area contributed by atoms with Crippen LogP contribution in [0, 0.1) is 0 Å². The van der Waals surface area contributed by atoms with E-state index in [0.717, 1.165) is 0 Å². The summed E-state index contributed by atoms with van der Waals surface area (Å²) >= 11 is 0. The van der Waals surface area contributed by atoms with Crippen molar-refractivity contribution in [2.75, 3.05) is 27.4 Å². The van der Waals surface area contributed by atoms with E-state index in [-0.39, 0.29) is 69.6 Å². The second-order valence-corrected chi connectivity index (χ2v) is 15.9. The fourth-order valence-corrected chi connectivity index (χ4v) is 9.35. The number of esters is 2. The van der Waals surface area contributed by atoms with Crippen LogP contribution in [0.15, 0.2) is 131 Å². The van der Waals surface area contributed by atoms with E-state index in [0.29, 0.717) is 11.1 Å². The first-order valence-electron chi connectivity index (χ1n) is 15.5. The predicted molar refractivity (Wildman–Crippen MR) is 187 cm³/mol. The van der Waals surface area contributed by atoms with Crippen molar-refractivity contribution in [2.24, 2.45) is 0 Å². The predicted octanol–water partition coefficient (Wildman–Crippen LogP) is 6.65. The second-order valence-electron chi connectivity index (χ2n) is 11.7. The molecule has 10 nitrogen and oxygen atoms in total. The molecule has 2 unspecified atom stereocenters. The number of methoxy groups -OCH3 is 2. The Morgan fingerprint density at radius 3 is 1.30 bits per heavy atom. The first kappa shape index (κ1) is 36.1. The molecule has 2 atom stereocenters. The highest BCUT2D eigenvalue weighted by Gasteiger charge is 2.36. The van der Waals surface area contributed by atoms with Crippen LogP contribution in [-0.4, -0.2) is 56.2 Å². The number of carbonyl (C=O) groups is 2. The Kier molecular flexibility index (Phi) is 10.9. The fraction of sp³-hybridized carbons (Fsp3) is 0.211. The van der Waals surface area contributed by atoms with E-state index in [1.165, 1.54) is 74.9 Å². The molecule has 4 aromatic carbocycles. The van der Waals surface area contributed by atoms with E-state index in [1.807, 2.05) is 0 Å². The summed E-state index contributed by atoms with van der Waals surface area (Å²) in [7, 11) is -5.79. The second kappa shape index (κ2) is 15.1. The summed E-state index contributed by atoms with van der Waals surface area (Å²) in [5.41, 5.74) is 1.26. The van der Waals surface area contributed by atoms with E-state index in [9.17, 15) is 26.4 Å². The van der Waals surface area contributed by atoms with Gasteiger partial charge in [0.15, 0.2) is 19.7 Å². The maximum Gasteiger partial charge on any atom is 0.337 e. The van der Waals surface area contributed by atoms with Crippen molar-refractivity contribution in [3.05, 3.63) is 144 Å². The third kappa shape index (κ3) is 7.66. The van der Waals surface area contributed by atoms with Crippen molar-refractivity contribution in [2.45, 2.75) is 33.1 Å². The van der Waals surface area contributed by atoms with Gasteiger partial charge in [-0.25, -0.2) is 26.4 Å². The largest absolute Gasteiger partial charge is 0.489 e. The minimum absolute atomic E-state index is 0.0494. The summed E-state index contributed by atoms with van der Waals surface area (Å²) in [5.74, 6) is -1.06. The molecule has 1 aliphatic rings. The zero-order valence-corrected chi connectivity index (χ0v) is 29.2. The Bertz CT molecular complexity index is 1990. The minimum atomic E-state index is -4.12. The molecule has 1 heterocycles. The van der Waals surface area contributed by atoms with Crippen molar-refractivity contribution < 1.29 is 45.4 Å². The van der Waals surface area contributed by atoms with Crippen LogP contribution in [0.2, 0.25) is 0 Å². The molecule has 0 aliphatic carbocycles. The van der Waals surface area contributed by atoms with E-state index in [1.54, 1.807) is 36.4 Å². The Morgan fingerprint density at radius 2 is 0.960 bits per heavy atom. The van der Waals surface area contributed by atoms with Gasteiger partial charge in [0.05, 0.1) is 45.6 Å². The molecule has 1 aliphatic heterocycles. The van der Waals surface area contributed by atoms with Gasteiger partial charge in [0.1, 0.15) is 24.7 Å². The smallest absolute Gasteiger partial charge is 0.337 e. The van der Waals surface area contributed by atoms with Crippen molar-refractivity contribution in [1.82, 2.24) is 0 Å². The van der Waals surface area contributed by atoms with Crippen LogP contribution in [0.5, 0.6) is 11.5 Å². The number of benzene rings is 4. The van der Waals surface area contributed by atoms with Gasteiger partial charge in [0.2, 0.25) is 0 Å². The van der Waals surface area contributed by atoms with Crippen LogP contribution in [0.3, 0.4) is 0 Å². The average Bonchev–Trinajstić information content (AvgIpc) is 3.13. The van der Waals surface area contributed by atoms with E-state index in [2.05, 4.69) is 13.2 Å². The van der Waals surface area contributed by atoms with Gasteiger partial charge in [-0.3, -0.25) is 0 Å². The summed E-state index contributed by atoms with van der Waals surface area (Å²) in [6.07, 6.45) is -0.305. The minimum Gasteiger partial charge on any atom is -0.489 e. The standard InChI is InChI=1S/C38H36O10S2/c1-25-19-35(49(41,42)29-11-7-5-8-12-29)31-21-27(37(39)45-3)16-18-34(31)48-24-26(2)20-36(50(43,44)30-13-9-6-10-14-30)32-22-28(38(40)46-4)15-17-33(32)47-23-25/h5-18,21-22,35-36H,1-2,19-20,23-24H2,3-4H3. The van der Waals surface area contributed by atoms with Gasteiger partial charge in [0, 0.05) is 11.1 Å². The monoisotopic (exact) mass is 716 g/mol. The lowest BCUT2D eigenvalue weighted by Gasteiger charge is -2.26. The number of rotatable bonds is 6. The molecule has 0 bridgehead atoms. The number of ether oxygens (including phenoxy) is 4. The maximum atomic E-state index is 14.3. The molecule has 0 saturated carbocycles. The van der Waals surface area contributed by atoms with E-state index >= 15 is 0 Å². The molecule has 0 aromatic heterocycles. The summed E-state index contributed by atoms with van der Waals surface area (Å²) in [4.78, 5) is 25.3. The number of sulfone groups is 2. The number of carbonyl (C=O) groups excluding carboxylic acids is 2. The highest BCUT2D eigenvalue weighted by atomic mass is 32.2.